The first-order chi connectivity index (χ1) is 19.7. The average Bonchev–Trinajstić information content (AvgIpc) is 3.28. The fourth-order valence-electron chi connectivity index (χ4n) is 5.20. The van der Waals surface area contributed by atoms with Crippen molar-refractivity contribution in [3.8, 4) is 22.4 Å². The smallest absolute Gasteiger partial charge is 0.305 e. The molecule has 0 bridgehead atoms. The lowest BCUT2D eigenvalue weighted by Crippen LogP contribution is -2.22. The number of hydrogen-bond donors (Lipinski definition) is 4. The molecule has 3 aromatic carbocycles. The van der Waals surface area contributed by atoms with Crippen molar-refractivity contribution in [1.29, 1.82) is 0 Å². The number of rotatable bonds is 12. The van der Waals surface area contributed by atoms with Crippen molar-refractivity contribution < 1.29 is 45.7 Å². The number of halogens is 1. The Balaban J connectivity index is 0.00000323. The van der Waals surface area contributed by atoms with Gasteiger partial charge < -0.3 is 41.6 Å². The Hall–Kier alpha value is -4.39. The molecule has 0 aliphatic rings. The number of nitrogens with one attached hydrogen (secondary N) is 1. The highest BCUT2D eigenvalue weighted by atomic mass is 19.1. The van der Waals surface area contributed by atoms with Gasteiger partial charge in [0.2, 0.25) is 0 Å². The number of benzene rings is 3. The van der Waals surface area contributed by atoms with E-state index >= 15 is 0 Å². The van der Waals surface area contributed by atoms with Crippen molar-refractivity contribution in [2.24, 2.45) is 0 Å². The van der Waals surface area contributed by atoms with Gasteiger partial charge in [0.1, 0.15) is 5.82 Å². The van der Waals surface area contributed by atoms with Gasteiger partial charge in [0.25, 0.3) is 5.91 Å². The van der Waals surface area contributed by atoms with Crippen LogP contribution in [0.4, 0.5) is 10.1 Å². The van der Waals surface area contributed by atoms with Gasteiger partial charge in [-0.3, -0.25) is 9.59 Å². The first kappa shape index (κ1) is 37.6. The van der Waals surface area contributed by atoms with Gasteiger partial charge in [-0.05, 0) is 66.3 Å². The number of carbonyl (C=O) groups is 2. The third-order valence-corrected chi connectivity index (χ3v) is 6.93. The minimum atomic E-state index is -1.18. The zero-order valence-electron chi connectivity index (χ0n) is 24.6. The van der Waals surface area contributed by atoms with Crippen LogP contribution in [0.1, 0.15) is 55.1 Å². The molecule has 10 N–H and O–H groups in total. The molecule has 0 aliphatic carbocycles. The minimum absolute atomic E-state index is 0. The van der Waals surface area contributed by atoms with Crippen molar-refractivity contribution in [2.45, 2.75) is 57.8 Å². The molecule has 4 aromatic rings. The van der Waals surface area contributed by atoms with Crippen LogP contribution in [0.25, 0.3) is 22.4 Å². The predicted octanol–water partition coefficient (Wildman–Crippen LogP) is 3.84. The van der Waals surface area contributed by atoms with Crippen LogP contribution >= 0.6 is 0 Å². The maximum absolute atomic E-state index is 14.0. The molecule has 4 rings (SSSR count). The topological polar surface area (TPSA) is 206 Å². The molecule has 1 amide bonds. The van der Waals surface area contributed by atoms with Crippen LogP contribution in [0.2, 0.25) is 0 Å². The summed E-state index contributed by atoms with van der Waals surface area (Å²) in [5.74, 6) is -1.93. The molecule has 0 saturated heterocycles. The summed E-state index contributed by atoms with van der Waals surface area (Å²) in [6.07, 6.45) is -2.51. The third-order valence-electron chi connectivity index (χ3n) is 6.93. The third kappa shape index (κ3) is 9.06. The summed E-state index contributed by atoms with van der Waals surface area (Å²) in [6, 6.07) is 24.8. The van der Waals surface area contributed by atoms with E-state index in [0.717, 1.165) is 11.3 Å². The van der Waals surface area contributed by atoms with Crippen molar-refractivity contribution in [3.05, 3.63) is 102 Å². The maximum Gasteiger partial charge on any atom is 0.305 e. The summed E-state index contributed by atoms with van der Waals surface area (Å²) >= 11 is 0. The number of anilines is 1. The number of carboxylic acid groups (broad SMARTS) is 1. The summed E-state index contributed by atoms with van der Waals surface area (Å²) in [5.41, 5.74) is 4.77. The van der Waals surface area contributed by atoms with Crippen LogP contribution in [0.15, 0.2) is 84.9 Å². The largest absolute Gasteiger partial charge is 0.481 e. The van der Waals surface area contributed by atoms with Gasteiger partial charge in [0.15, 0.2) is 0 Å². The van der Waals surface area contributed by atoms with Crippen LogP contribution in [-0.2, 0) is 11.3 Å². The lowest BCUT2D eigenvalue weighted by atomic mass is 9.94. The highest BCUT2D eigenvalue weighted by Crippen LogP contribution is 2.42. The standard InChI is InChI=1S/C33H35FN2O5.3H2O/c1-21(2)31-30(33(41)35-25-11-7-4-8-12-25)29(22-9-5-3-6-10-22)32(23-13-15-24(34)16-14-23)36(31)18-17-26(37)19-27(38)20-28(39)40;;;/h3-16,21,26-27,37-38H,17-20H2,1-2H3,(H,35,41)(H,39,40);3*1H2. The second kappa shape index (κ2) is 17.0. The number of carbonyl (C=O) groups excluding carboxylic acids is 1. The number of hydrogen-bond acceptors (Lipinski definition) is 4. The van der Waals surface area contributed by atoms with Crippen LogP contribution in [0.5, 0.6) is 0 Å². The van der Waals surface area contributed by atoms with E-state index in [4.69, 9.17) is 5.11 Å². The average molecular weight is 613 g/mol. The summed E-state index contributed by atoms with van der Waals surface area (Å²) in [5, 5.41) is 32.8. The van der Waals surface area contributed by atoms with Gasteiger partial charge in [0, 0.05) is 23.5 Å². The minimum Gasteiger partial charge on any atom is -0.481 e. The lowest BCUT2D eigenvalue weighted by molar-refractivity contribution is -0.139. The number of aliphatic carboxylic acids is 1. The Bertz CT molecular complexity index is 1480. The van der Waals surface area contributed by atoms with Gasteiger partial charge in [-0.15, -0.1) is 0 Å². The Kier molecular flexibility index (Phi) is 14.6. The van der Waals surface area contributed by atoms with Gasteiger partial charge in [0.05, 0.1) is 29.9 Å². The monoisotopic (exact) mass is 612 g/mol. The van der Waals surface area contributed by atoms with Gasteiger partial charge >= 0.3 is 5.97 Å². The molecule has 2 unspecified atom stereocenters. The number of aliphatic hydroxyl groups excluding tert-OH is 2. The highest BCUT2D eigenvalue weighted by Gasteiger charge is 2.31. The summed E-state index contributed by atoms with van der Waals surface area (Å²) < 4.78 is 16.0. The molecule has 0 saturated carbocycles. The van der Waals surface area contributed by atoms with Crippen LogP contribution in [-0.4, -0.2) is 60.4 Å². The molecular formula is C33H41FN2O8. The van der Waals surface area contributed by atoms with Gasteiger partial charge in [-0.1, -0.05) is 62.4 Å². The van der Waals surface area contributed by atoms with E-state index in [1.807, 2.05) is 79.1 Å². The molecule has 10 nitrogen and oxygen atoms in total. The second-order valence-electron chi connectivity index (χ2n) is 10.4. The van der Waals surface area contributed by atoms with Crippen LogP contribution in [0.3, 0.4) is 0 Å². The normalized spacial score (nSPS) is 11.9. The number of aromatic nitrogens is 1. The molecular weight excluding hydrogens is 571 g/mol. The number of nitrogens with zero attached hydrogens (tertiary/aromatic N) is 1. The number of aliphatic hydroxyl groups is 2. The Morgan fingerprint density at radius 2 is 1.39 bits per heavy atom. The Labute approximate surface area is 255 Å². The lowest BCUT2D eigenvalue weighted by Gasteiger charge is -2.20. The van der Waals surface area contributed by atoms with Gasteiger partial charge in [-0.2, -0.15) is 0 Å². The molecule has 1 heterocycles. The molecule has 1 aromatic heterocycles. The fraction of sp³-hybridized carbons (Fsp3) is 0.273. The molecule has 0 radical (unpaired) electrons. The summed E-state index contributed by atoms with van der Waals surface area (Å²) in [6.45, 7) is 4.25. The van der Waals surface area contributed by atoms with Gasteiger partial charge in [-0.25, -0.2) is 4.39 Å². The molecule has 0 fully saturated rings. The maximum atomic E-state index is 14.0. The SMILES string of the molecule is CC(C)c1c(C(=O)Nc2ccccc2)c(-c2ccccc2)c(-c2ccc(F)cc2)n1CCC(O)CC(O)CC(=O)O.O.O.O. The molecule has 0 aliphatic heterocycles. The molecule has 0 spiro atoms. The van der Waals surface area contributed by atoms with E-state index in [2.05, 4.69) is 5.32 Å². The predicted molar refractivity (Wildman–Crippen MR) is 168 cm³/mol. The fourth-order valence-corrected chi connectivity index (χ4v) is 5.20. The zero-order valence-corrected chi connectivity index (χ0v) is 24.6. The van der Waals surface area contributed by atoms with Crippen LogP contribution in [0, 0.1) is 5.82 Å². The molecule has 11 heteroatoms. The number of para-hydroxylation sites is 1. The van der Waals surface area contributed by atoms with Crippen molar-refractivity contribution in [1.82, 2.24) is 4.57 Å². The van der Waals surface area contributed by atoms with Crippen LogP contribution < -0.4 is 5.32 Å². The quantitative estimate of drug-likeness (QED) is 0.188. The zero-order chi connectivity index (χ0) is 29.5. The number of carboxylic acids is 1. The van der Waals surface area contributed by atoms with Crippen molar-refractivity contribution >= 4 is 17.6 Å². The van der Waals surface area contributed by atoms with E-state index < -0.39 is 24.6 Å². The number of amides is 1. The van der Waals surface area contributed by atoms with Crippen molar-refractivity contribution in [2.75, 3.05) is 5.32 Å². The second-order valence-corrected chi connectivity index (χ2v) is 10.4. The van der Waals surface area contributed by atoms with E-state index in [-0.39, 0.29) is 53.5 Å². The highest BCUT2D eigenvalue weighted by molar-refractivity contribution is 6.12. The first-order valence-corrected chi connectivity index (χ1v) is 13.7. The van der Waals surface area contributed by atoms with E-state index in [9.17, 15) is 24.2 Å². The Morgan fingerprint density at radius 3 is 1.93 bits per heavy atom. The molecule has 44 heavy (non-hydrogen) atoms. The van der Waals surface area contributed by atoms with E-state index in [1.165, 1.54) is 12.1 Å². The first-order valence-electron chi connectivity index (χ1n) is 13.7. The van der Waals surface area contributed by atoms with Crippen molar-refractivity contribution in [3.63, 3.8) is 0 Å². The summed E-state index contributed by atoms with van der Waals surface area (Å²) in [7, 11) is 0. The summed E-state index contributed by atoms with van der Waals surface area (Å²) in [4.78, 5) is 25.0. The molecule has 2 atom stereocenters. The molecule has 238 valence electrons. The van der Waals surface area contributed by atoms with E-state index in [1.54, 1.807) is 12.1 Å². The van der Waals surface area contributed by atoms with E-state index in [0.29, 0.717) is 28.1 Å². The Morgan fingerprint density at radius 1 is 0.818 bits per heavy atom.